The van der Waals surface area contributed by atoms with E-state index in [9.17, 15) is 13.6 Å². The zero-order valence-electron chi connectivity index (χ0n) is 14.6. The summed E-state index contributed by atoms with van der Waals surface area (Å²) in [5.74, 6) is 0.0916. The number of carbonyl (C=O) groups is 1. The van der Waals surface area contributed by atoms with Gasteiger partial charge >= 0.3 is 12.5 Å². The van der Waals surface area contributed by atoms with Gasteiger partial charge in [-0.05, 0) is 42.8 Å². The number of alkyl halides is 2. The highest BCUT2D eigenvalue weighted by Crippen LogP contribution is 2.23. The van der Waals surface area contributed by atoms with Crippen LogP contribution in [0.4, 0.5) is 8.78 Å². The van der Waals surface area contributed by atoms with Crippen LogP contribution in [-0.4, -0.2) is 22.1 Å². The Bertz CT molecular complexity index is 950. The standard InChI is InChI=1S/C20H18F2N2O3/c1-2-26-15-10-7-14(8-11-15)9-12-19(25)27-13-18-23-16-5-3-4-6-17(16)24(18)20(21)22/h3-12,20H,2,13H2,1H3/b12-9+. The Kier molecular flexibility index (Phi) is 5.80. The molecule has 0 saturated carbocycles. The first-order valence-corrected chi connectivity index (χ1v) is 8.40. The predicted octanol–water partition coefficient (Wildman–Crippen LogP) is 4.59. The number of fused-ring (bicyclic) bond motifs is 1. The summed E-state index contributed by atoms with van der Waals surface area (Å²) in [6.07, 6.45) is 2.82. The molecule has 0 atom stereocenters. The molecule has 0 aliphatic carbocycles. The number of rotatable bonds is 7. The van der Waals surface area contributed by atoms with Crippen molar-refractivity contribution in [3.63, 3.8) is 0 Å². The van der Waals surface area contributed by atoms with E-state index in [1.165, 1.54) is 6.08 Å². The molecule has 27 heavy (non-hydrogen) atoms. The number of imidazole rings is 1. The number of aromatic nitrogens is 2. The SMILES string of the molecule is CCOc1ccc(/C=C/C(=O)OCc2nc3ccccc3n2C(F)F)cc1. The third kappa shape index (κ3) is 4.49. The summed E-state index contributed by atoms with van der Waals surface area (Å²) in [4.78, 5) is 16.0. The molecular weight excluding hydrogens is 354 g/mol. The molecule has 3 aromatic rings. The van der Waals surface area contributed by atoms with Crippen molar-refractivity contribution in [1.82, 2.24) is 9.55 Å². The predicted molar refractivity (Wildman–Crippen MR) is 97.4 cm³/mol. The van der Waals surface area contributed by atoms with Crippen LogP contribution in [0.5, 0.6) is 5.75 Å². The molecule has 3 rings (SSSR count). The first-order chi connectivity index (χ1) is 13.1. The number of ether oxygens (including phenoxy) is 2. The topological polar surface area (TPSA) is 53.4 Å². The number of carbonyl (C=O) groups excluding carboxylic acids is 1. The van der Waals surface area contributed by atoms with Gasteiger partial charge in [0.05, 0.1) is 17.6 Å². The second-order valence-corrected chi connectivity index (χ2v) is 5.61. The summed E-state index contributed by atoms with van der Waals surface area (Å²) in [6, 6.07) is 13.7. The molecule has 0 spiro atoms. The van der Waals surface area contributed by atoms with Crippen LogP contribution in [0.2, 0.25) is 0 Å². The number of benzene rings is 2. The molecule has 0 N–H and O–H groups in total. The number of nitrogens with zero attached hydrogens (tertiary/aromatic N) is 2. The maximum absolute atomic E-state index is 13.3. The molecule has 0 unspecified atom stereocenters. The van der Waals surface area contributed by atoms with Crippen LogP contribution in [0.15, 0.2) is 54.6 Å². The molecule has 7 heteroatoms. The van der Waals surface area contributed by atoms with Crippen LogP contribution in [0.25, 0.3) is 17.1 Å². The number of hydrogen-bond donors (Lipinski definition) is 0. The Morgan fingerprint density at radius 2 is 1.93 bits per heavy atom. The molecule has 5 nitrogen and oxygen atoms in total. The summed E-state index contributed by atoms with van der Waals surface area (Å²) in [5.41, 5.74) is 1.51. The van der Waals surface area contributed by atoms with Gasteiger partial charge in [-0.2, -0.15) is 8.78 Å². The lowest BCUT2D eigenvalue weighted by atomic mass is 10.2. The second-order valence-electron chi connectivity index (χ2n) is 5.61. The van der Waals surface area contributed by atoms with Gasteiger partial charge in [0.1, 0.15) is 12.4 Å². The van der Waals surface area contributed by atoms with E-state index < -0.39 is 12.5 Å². The van der Waals surface area contributed by atoms with E-state index in [1.54, 1.807) is 54.6 Å². The van der Waals surface area contributed by atoms with E-state index in [0.717, 1.165) is 15.9 Å². The fourth-order valence-electron chi connectivity index (χ4n) is 2.60. The van der Waals surface area contributed by atoms with Crippen LogP contribution in [-0.2, 0) is 16.1 Å². The molecule has 1 heterocycles. The quantitative estimate of drug-likeness (QED) is 0.450. The van der Waals surface area contributed by atoms with Crippen molar-refractivity contribution in [3.05, 3.63) is 66.0 Å². The third-order valence-electron chi connectivity index (χ3n) is 3.81. The van der Waals surface area contributed by atoms with Gasteiger partial charge in [0.25, 0.3) is 0 Å². The first kappa shape index (κ1) is 18.6. The summed E-state index contributed by atoms with van der Waals surface area (Å²) in [7, 11) is 0. The molecule has 0 aliphatic heterocycles. The van der Waals surface area contributed by atoms with E-state index in [1.807, 2.05) is 6.92 Å². The second kappa shape index (κ2) is 8.44. The molecule has 0 aliphatic rings. The summed E-state index contributed by atoms with van der Waals surface area (Å²) >= 11 is 0. The van der Waals surface area contributed by atoms with Crippen LogP contribution in [0, 0.1) is 0 Å². The largest absolute Gasteiger partial charge is 0.494 e. The molecule has 1 aromatic heterocycles. The molecule has 0 amide bonds. The van der Waals surface area contributed by atoms with Crippen molar-refractivity contribution in [2.24, 2.45) is 0 Å². The first-order valence-electron chi connectivity index (χ1n) is 8.40. The van der Waals surface area contributed by atoms with E-state index in [-0.39, 0.29) is 12.4 Å². The Morgan fingerprint density at radius 3 is 2.63 bits per heavy atom. The zero-order valence-corrected chi connectivity index (χ0v) is 14.6. The monoisotopic (exact) mass is 372 g/mol. The van der Waals surface area contributed by atoms with Gasteiger partial charge in [0.15, 0.2) is 5.82 Å². The zero-order chi connectivity index (χ0) is 19.2. The Balaban J connectivity index is 1.65. The average molecular weight is 372 g/mol. The van der Waals surface area contributed by atoms with Gasteiger partial charge in [0.2, 0.25) is 0 Å². The van der Waals surface area contributed by atoms with Crippen LogP contribution >= 0.6 is 0 Å². The van der Waals surface area contributed by atoms with Gasteiger partial charge in [0, 0.05) is 6.08 Å². The fourth-order valence-corrected chi connectivity index (χ4v) is 2.60. The Labute approximate surface area is 154 Å². The fraction of sp³-hybridized carbons (Fsp3) is 0.200. The Morgan fingerprint density at radius 1 is 1.19 bits per heavy atom. The van der Waals surface area contributed by atoms with Gasteiger partial charge in [-0.3, -0.25) is 4.57 Å². The molecular formula is C20H18F2N2O3. The van der Waals surface area contributed by atoms with Crippen molar-refractivity contribution in [1.29, 1.82) is 0 Å². The van der Waals surface area contributed by atoms with Crippen LogP contribution < -0.4 is 4.74 Å². The van der Waals surface area contributed by atoms with Gasteiger partial charge in [-0.1, -0.05) is 24.3 Å². The minimum Gasteiger partial charge on any atom is -0.494 e. The van der Waals surface area contributed by atoms with Crippen molar-refractivity contribution in [2.75, 3.05) is 6.61 Å². The van der Waals surface area contributed by atoms with Crippen molar-refractivity contribution in [3.8, 4) is 5.75 Å². The van der Waals surface area contributed by atoms with E-state index in [0.29, 0.717) is 17.6 Å². The normalized spacial score (nSPS) is 11.4. The highest BCUT2D eigenvalue weighted by Gasteiger charge is 2.18. The Hall–Kier alpha value is -3.22. The molecule has 0 fully saturated rings. The van der Waals surface area contributed by atoms with Crippen LogP contribution in [0.3, 0.4) is 0 Å². The summed E-state index contributed by atoms with van der Waals surface area (Å²) < 4.78 is 37.8. The number of para-hydroxylation sites is 2. The van der Waals surface area contributed by atoms with Gasteiger partial charge in [-0.25, -0.2) is 9.78 Å². The van der Waals surface area contributed by atoms with Crippen LogP contribution in [0.1, 0.15) is 24.9 Å². The molecule has 140 valence electrons. The average Bonchev–Trinajstić information content (AvgIpc) is 3.04. The maximum atomic E-state index is 13.3. The minimum absolute atomic E-state index is 0.00554. The lowest BCUT2D eigenvalue weighted by molar-refractivity contribution is -0.139. The number of hydrogen-bond acceptors (Lipinski definition) is 4. The smallest absolute Gasteiger partial charge is 0.331 e. The molecule has 0 radical (unpaired) electrons. The van der Waals surface area contributed by atoms with Gasteiger partial charge in [-0.15, -0.1) is 0 Å². The summed E-state index contributed by atoms with van der Waals surface area (Å²) in [6.45, 7) is -0.645. The third-order valence-corrected chi connectivity index (χ3v) is 3.81. The number of halogens is 2. The maximum Gasteiger partial charge on any atom is 0.331 e. The highest BCUT2D eigenvalue weighted by atomic mass is 19.3. The highest BCUT2D eigenvalue weighted by molar-refractivity contribution is 5.87. The van der Waals surface area contributed by atoms with Gasteiger partial charge < -0.3 is 9.47 Å². The minimum atomic E-state index is -2.77. The van der Waals surface area contributed by atoms with Crippen molar-refractivity contribution in [2.45, 2.75) is 20.1 Å². The number of esters is 1. The lowest BCUT2D eigenvalue weighted by Gasteiger charge is -2.07. The molecule has 2 aromatic carbocycles. The van der Waals surface area contributed by atoms with Crippen molar-refractivity contribution >= 4 is 23.1 Å². The van der Waals surface area contributed by atoms with E-state index >= 15 is 0 Å². The summed E-state index contributed by atoms with van der Waals surface area (Å²) in [5, 5.41) is 0. The lowest BCUT2D eigenvalue weighted by Crippen LogP contribution is -2.09. The van der Waals surface area contributed by atoms with E-state index in [2.05, 4.69) is 4.98 Å². The van der Waals surface area contributed by atoms with E-state index in [4.69, 9.17) is 9.47 Å². The van der Waals surface area contributed by atoms with Crippen molar-refractivity contribution < 1.29 is 23.0 Å². The molecule has 0 saturated heterocycles. The molecule has 0 bridgehead atoms.